The average molecular weight is 337 g/mol. The second kappa shape index (κ2) is 6.77. The number of benzene rings is 1. The van der Waals surface area contributed by atoms with Crippen molar-refractivity contribution >= 4 is 28.8 Å². The average Bonchev–Trinajstić information content (AvgIpc) is 2.93. The summed E-state index contributed by atoms with van der Waals surface area (Å²) in [4.78, 5) is 19.3. The van der Waals surface area contributed by atoms with Gasteiger partial charge in [-0.1, -0.05) is 23.7 Å². The van der Waals surface area contributed by atoms with Gasteiger partial charge in [-0.15, -0.1) is 11.3 Å². The van der Waals surface area contributed by atoms with E-state index in [1.54, 1.807) is 5.51 Å². The number of carbonyl (C=O) groups excluding carboxylic acids is 1. The highest BCUT2D eigenvalue weighted by Crippen LogP contribution is 2.19. The third-order valence-electron chi connectivity index (χ3n) is 3.72. The van der Waals surface area contributed by atoms with E-state index in [2.05, 4.69) is 4.98 Å². The van der Waals surface area contributed by atoms with Crippen LogP contribution in [0.3, 0.4) is 0 Å². The molecule has 22 heavy (non-hydrogen) atoms. The fourth-order valence-corrected chi connectivity index (χ4v) is 3.59. The van der Waals surface area contributed by atoms with Crippen molar-refractivity contribution in [1.82, 2.24) is 9.88 Å². The standard InChI is InChI=1S/C16H17ClN2O2S/c1-11-15(22-10-18-11)16(20)19-5-6-21-14(9-19)8-12-3-2-4-13(17)7-12/h2-4,7,10,14H,5-6,8-9H2,1H3. The molecule has 0 spiro atoms. The molecule has 0 bridgehead atoms. The molecular formula is C16H17ClN2O2S. The molecule has 116 valence electrons. The molecule has 6 heteroatoms. The zero-order chi connectivity index (χ0) is 15.5. The van der Waals surface area contributed by atoms with Crippen LogP contribution in [0.4, 0.5) is 0 Å². The summed E-state index contributed by atoms with van der Waals surface area (Å²) in [6.45, 7) is 3.66. The van der Waals surface area contributed by atoms with Crippen LogP contribution in [0.1, 0.15) is 20.9 Å². The monoisotopic (exact) mass is 336 g/mol. The van der Waals surface area contributed by atoms with Gasteiger partial charge in [0.2, 0.25) is 0 Å². The second-order valence-electron chi connectivity index (χ2n) is 5.34. The summed E-state index contributed by atoms with van der Waals surface area (Å²) in [5, 5.41) is 0.724. The van der Waals surface area contributed by atoms with Gasteiger partial charge in [-0.2, -0.15) is 0 Å². The molecule has 1 saturated heterocycles. The van der Waals surface area contributed by atoms with Crippen LogP contribution in [0, 0.1) is 6.92 Å². The van der Waals surface area contributed by atoms with Gasteiger partial charge in [0.15, 0.2) is 0 Å². The number of halogens is 1. The number of thiazole rings is 1. The Kier molecular flexibility index (Phi) is 4.76. The Hall–Kier alpha value is -1.43. The number of hydrogen-bond donors (Lipinski definition) is 0. The second-order valence-corrected chi connectivity index (χ2v) is 6.64. The van der Waals surface area contributed by atoms with Gasteiger partial charge in [-0.3, -0.25) is 4.79 Å². The van der Waals surface area contributed by atoms with Crippen molar-refractivity contribution in [2.45, 2.75) is 19.4 Å². The van der Waals surface area contributed by atoms with E-state index >= 15 is 0 Å². The van der Waals surface area contributed by atoms with Crippen molar-refractivity contribution in [1.29, 1.82) is 0 Å². The van der Waals surface area contributed by atoms with E-state index in [9.17, 15) is 4.79 Å². The first-order valence-electron chi connectivity index (χ1n) is 7.19. The molecule has 1 aromatic heterocycles. The molecule has 0 N–H and O–H groups in total. The summed E-state index contributed by atoms with van der Waals surface area (Å²) in [6, 6.07) is 7.77. The zero-order valence-electron chi connectivity index (χ0n) is 12.3. The molecular weight excluding hydrogens is 320 g/mol. The first kappa shape index (κ1) is 15.5. The Morgan fingerprint density at radius 3 is 3.14 bits per heavy atom. The summed E-state index contributed by atoms with van der Waals surface area (Å²) in [7, 11) is 0. The van der Waals surface area contributed by atoms with Crippen LogP contribution in [0.25, 0.3) is 0 Å². The molecule has 4 nitrogen and oxygen atoms in total. The normalized spacial score (nSPS) is 18.5. The van der Waals surface area contributed by atoms with Gasteiger partial charge < -0.3 is 9.64 Å². The van der Waals surface area contributed by atoms with Gasteiger partial charge in [0, 0.05) is 24.5 Å². The molecule has 1 atom stereocenters. The number of morpholine rings is 1. The number of aryl methyl sites for hydroxylation is 1. The van der Waals surface area contributed by atoms with Crippen LogP contribution < -0.4 is 0 Å². The van der Waals surface area contributed by atoms with Crippen molar-refractivity contribution in [3.05, 3.63) is 50.9 Å². The van der Waals surface area contributed by atoms with Crippen molar-refractivity contribution in [3.8, 4) is 0 Å². The van der Waals surface area contributed by atoms with Gasteiger partial charge >= 0.3 is 0 Å². The minimum absolute atomic E-state index is 0.00407. The molecule has 1 aromatic carbocycles. The predicted octanol–water partition coefficient (Wildman–Crippen LogP) is 3.19. The smallest absolute Gasteiger partial charge is 0.266 e. The minimum Gasteiger partial charge on any atom is -0.374 e. The van der Waals surface area contributed by atoms with Gasteiger partial charge in [0.25, 0.3) is 5.91 Å². The molecule has 0 saturated carbocycles. The Morgan fingerprint density at radius 1 is 1.55 bits per heavy atom. The maximum Gasteiger partial charge on any atom is 0.266 e. The molecule has 2 heterocycles. The lowest BCUT2D eigenvalue weighted by atomic mass is 10.1. The van der Waals surface area contributed by atoms with Crippen LogP contribution in [-0.4, -0.2) is 41.6 Å². The summed E-state index contributed by atoms with van der Waals surface area (Å²) in [6.07, 6.45) is 0.760. The largest absolute Gasteiger partial charge is 0.374 e. The van der Waals surface area contributed by atoms with Crippen LogP contribution in [0.15, 0.2) is 29.8 Å². The third-order valence-corrected chi connectivity index (χ3v) is 4.87. The topological polar surface area (TPSA) is 42.4 Å². The van der Waals surface area contributed by atoms with Crippen LogP contribution in [0.2, 0.25) is 5.02 Å². The van der Waals surface area contributed by atoms with E-state index in [-0.39, 0.29) is 12.0 Å². The molecule has 2 aromatic rings. The number of aromatic nitrogens is 1. The SMILES string of the molecule is Cc1ncsc1C(=O)N1CCOC(Cc2cccc(Cl)c2)C1. The summed E-state index contributed by atoms with van der Waals surface area (Å²) in [5.74, 6) is 0.0550. The van der Waals surface area contributed by atoms with Crippen LogP contribution in [0.5, 0.6) is 0 Å². The molecule has 1 aliphatic rings. The summed E-state index contributed by atoms with van der Waals surface area (Å²) < 4.78 is 5.80. The Balaban J connectivity index is 1.67. The fourth-order valence-electron chi connectivity index (χ4n) is 2.60. The van der Waals surface area contributed by atoms with Crippen molar-refractivity contribution in [2.24, 2.45) is 0 Å². The molecule has 0 radical (unpaired) electrons. The minimum atomic E-state index is 0.00407. The third kappa shape index (κ3) is 3.48. The number of rotatable bonds is 3. The van der Waals surface area contributed by atoms with Gasteiger partial charge in [-0.05, 0) is 24.6 Å². The van der Waals surface area contributed by atoms with E-state index in [1.165, 1.54) is 11.3 Å². The van der Waals surface area contributed by atoms with E-state index in [1.807, 2.05) is 36.1 Å². The lowest BCUT2D eigenvalue weighted by molar-refractivity contribution is -0.0206. The Bertz CT molecular complexity index is 674. The lowest BCUT2D eigenvalue weighted by Gasteiger charge is -2.33. The predicted molar refractivity (Wildman–Crippen MR) is 87.7 cm³/mol. The molecule has 1 amide bonds. The number of ether oxygens (including phenoxy) is 1. The van der Waals surface area contributed by atoms with Gasteiger partial charge in [0.05, 0.1) is 23.9 Å². The molecule has 3 rings (SSSR count). The molecule has 1 fully saturated rings. The van der Waals surface area contributed by atoms with Crippen LogP contribution >= 0.6 is 22.9 Å². The Morgan fingerprint density at radius 2 is 2.41 bits per heavy atom. The van der Waals surface area contributed by atoms with E-state index < -0.39 is 0 Å². The zero-order valence-corrected chi connectivity index (χ0v) is 13.9. The highest BCUT2D eigenvalue weighted by Gasteiger charge is 2.27. The van der Waals surface area contributed by atoms with E-state index in [0.717, 1.165) is 27.6 Å². The Labute approximate surface area is 138 Å². The fraction of sp³-hybridized carbons (Fsp3) is 0.375. The lowest BCUT2D eigenvalue weighted by Crippen LogP contribution is -2.46. The van der Waals surface area contributed by atoms with Gasteiger partial charge in [-0.25, -0.2) is 4.98 Å². The molecule has 1 unspecified atom stereocenters. The van der Waals surface area contributed by atoms with Crippen molar-refractivity contribution in [2.75, 3.05) is 19.7 Å². The maximum absolute atomic E-state index is 12.6. The number of amides is 1. The van der Waals surface area contributed by atoms with E-state index in [0.29, 0.717) is 19.7 Å². The number of hydrogen-bond acceptors (Lipinski definition) is 4. The molecule has 1 aliphatic heterocycles. The molecule has 0 aliphatic carbocycles. The quantitative estimate of drug-likeness (QED) is 0.864. The van der Waals surface area contributed by atoms with Crippen LogP contribution in [-0.2, 0) is 11.2 Å². The summed E-state index contributed by atoms with van der Waals surface area (Å²) >= 11 is 7.41. The van der Waals surface area contributed by atoms with Crippen molar-refractivity contribution < 1.29 is 9.53 Å². The maximum atomic E-state index is 12.6. The first-order chi connectivity index (χ1) is 10.6. The summed E-state index contributed by atoms with van der Waals surface area (Å²) in [5.41, 5.74) is 3.64. The number of carbonyl (C=O) groups is 1. The number of nitrogens with zero attached hydrogens (tertiary/aromatic N) is 2. The van der Waals surface area contributed by atoms with Gasteiger partial charge in [0.1, 0.15) is 4.88 Å². The van der Waals surface area contributed by atoms with E-state index in [4.69, 9.17) is 16.3 Å². The van der Waals surface area contributed by atoms with Crippen molar-refractivity contribution in [3.63, 3.8) is 0 Å². The first-order valence-corrected chi connectivity index (χ1v) is 8.44. The highest BCUT2D eigenvalue weighted by molar-refractivity contribution is 7.11. The highest BCUT2D eigenvalue weighted by atomic mass is 35.5.